The smallest absolute Gasteiger partial charge is 0.254 e. The van der Waals surface area contributed by atoms with E-state index in [0.29, 0.717) is 18.7 Å². The summed E-state index contributed by atoms with van der Waals surface area (Å²) in [7, 11) is 0. The molecule has 1 amide bonds. The number of nitrogens with zero attached hydrogens (tertiary/aromatic N) is 4. The normalized spacial score (nSPS) is 17.4. The van der Waals surface area contributed by atoms with E-state index in [-0.39, 0.29) is 12.0 Å². The highest BCUT2D eigenvalue weighted by atomic mass is 16.5. The zero-order chi connectivity index (χ0) is 17.8. The summed E-state index contributed by atoms with van der Waals surface area (Å²) in [5, 5.41) is 0. The number of likely N-dealkylation sites (tertiary alicyclic amines) is 1. The van der Waals surface area contributed by atoms with Crippen LogP contribution < -0.4 is 0 Å². The van der Waals surface area contributed by atoms with E-state index in [4.69, 9.17) is 4.74 Å². The topological polar surface area (TPSA) is 68.2 Å². The third kappa shape index (κ3) is 3.70. The van der Waals surface area contributed by atoms with Crippen LogP contribution >= 0.6 is 0 Å². The largest absolute Gasteiger partial charge is 0.370 e. The minimum Gasteiger partial charge on any atom is -0.370 e. The average Bonchev–Trinajstić information content (AvgIpc) is 2.72. The molecule has 0 radical (unpaired) electrons. The van der Waals surface area contributed by atoms with Crippen LogP contribution in [0.15, 0.2) is 55.0 Å². The summed E-state index contributed by atoms with van der Waals surface area (Å²) in [6, 6.07) is 11.3. The second-order valence-electron chi connectivity index (χ2n) is 6.41. The van der Waals surface area contributed by atoms with Crippen LogP contribution in [-0.2, 0) is 11.3 Å². The third-order valence-corrected chi connectivity index (χ3v) is 4.57. The van der Waals surface area contributed by atoms with Crippen molar-refractivity contribution >= 4 is 16.9 Å². The number of aromatic nitrogens is 3. The predicted octanol–water partition coefficient (Wildman–Crippen LogP) is 2.85. The van der Waals surface area contributed by atoms with Crippen LogP contribution in [0.2, 0.25) is 0 Å². The minimum absolute atomic E-state index is 0.0173. The molecule has 1 aromatic carbocycles. The lowest BCUT2D eigenvalue weighted by Gasteiger charge is -2.32. The minimum atomic E-state index is 0.0173. The molecular formula is C20H20N4O2. The molecule has 0 saturated carbocycles. The molecule has 6 nitrogen and oxygen atoms in total. The predicted molar refractivity (Wildman–Crippen MR) is 97.5 cm³/mol. The summed E-state index contributed by atoms with van der Waals surface area (Å²) >= 11 is 0. The molecule has 132 valence electrons. The summed E-state index contributed by atoms with van der Waals surface area (Å²) in [6.45, 7) is 1.82. The molecule has 0 bridgehead atoms. The van der Waals surface area contributed by atoms with Crippen LogP contribution in [0.3, 0.4) is 0 Å². The first-order valence-corrected chi connectivity index (χ1v) is 8.81. The van der Waals surface area contributed by atoms with Crippen molar-refractivity contribution in [1.29, 1.82) is 0 Å². The zero-order valence-corrected chi connectivity index (χ0v) is 14.4. The average molecular weight is 348 g/mol. The Labute approximate surface area is 151 Å². The van der Waals surface area contributed by atoms with Crippen LogP contribution in [-0.4, -0.2) is 45.0 Å². The number of pyridine rings is 1. The molecule has 6 heteroatoms. The molecule has 1 aliphatic heterocycles. The van der Waals surface area contributed by atoms with Crippen molar-refractivity contribution in [2.75, 3.05) is 13.1 Å². The summed E-state index contributed by atoms with van der Waals surface area (Å²) < 4.78 is 5.98. The van der Waals surface area contributed by atoms with Gasteiger partial charge in [-0.15, -0.1) is 0 Å². The molecule has 1 atom stereocenters. The lowest BCUT2D eigenvalue weighted by Crippen LogP contribution is -2.43. The summed E-state index contributed by atoms with van der Waals surface area (Å²) in [4.78, 5) is 27.5. The first-order valence-electron chi connectivity index (χ1n) is 8.81. The Morgan fingerprint density at radius 1 is 1.08 bits per heavy atom. The van der Waals surface area contributed by atoms with Gasteiger partial charge >= 0.3 is 0 Å². The molecule has 0 aliphatic carbocycles. The number of carbonyl (C=O) groups excluding carboxylic acids is 1. The van der Waals surface area contributed by atoms with E-state index in [0.717, 1.165) is 36.1 Å². The fourth-order valence-corrected chi connectivity index (χ4v) is 3.22. The molecule has 1 saturated heterocycles. The van der Waals surface area contributed by atoms with E-state index < -0.39 is 0 Å². The standard InChI is InChI=1S/C20H20N4O2/c25-20(15-6-7-18-19(12-15)23-10-9-22-18)24-11-3-5-17(13-24)26-14-16-4-1-2-8-21-16/h1-2,4,6-10,12,17H,3,5,11,13-14H2. The number of benzene rings is 1. The van der Waals surface area contributed by atoms with E-state index in [1.165, 1.54) is 0 Å². The quantitative estimate of drug-likeness (QED) is 0.725. The Morgan fingerprint density at radius 3 is 2.81 bits per heavy atom. The first-order chi connectivity index (χ1) is 12.8. The fourth-order valence-electron chi connectivity index (χ4n) is 3.22. The van der Waals surface area contributed by atoms with Crippen molar-refractivity contribution in [3.8, 4) is 0 Å². The van der Waals surface area contributed by atoms with Crippen LogP contribution in [0.5, 0.6) is 0 Å². The first kappa shape index (κ1) is 16.6. The second kappa shape index (κ2) is 7.58. The monoisotopic (exact) mass is 348 g/mol. The molecular weight excluding hydrogens is 328 g/mol. The van der Waals surface area contributed by atoms with Crippen molar-refractivity contribution in [3.05, 3.63) is 66.2 Å². The third-order valence-electron chi connectivity index (χ3n) is 4.57. The number of hydrogen-bond acceptors (Lipinski definition) is 5. The lowest BCUT2D eigenvalue weighted by molar-refractivity contribution is -0.00784. The van der Waals surface area contributed by atoms with Gasteiger partial charge in [0.05, 0.1) is 29.4 Å². The molecule has 0 spiro atoms. The van der Waals surface area contributed by atoms with Crippen molar-refractivity contribution in [1.82, 2.24) is 19.9 Å². The lowest BCUT2D eigenvalue weighted by atomic mass is 10.1. The Hall–Kier alpha value is -2.86. The molecule has 26 heavy (non-hydrogen) atoms. The number of piperidine rings is 1. The van der Waals surface area contributed by atoms with Crippen molar-refractivity contribution < 1.29 is 9.53 Å². The van der Waals surface area contributed by atoms with Gasteiger partial charge in [0.25, 0.3) is 5.91 Å². The van der Waals surface area contributed by atoms with E-state index in [1.54, 1.807) is 18.6 Å². The van der Waals surface area contributed by atoms with Crippen LogP contribution in [0.4, 0.5) is 0 Å². The van der Waals surface area contributed by atoms with Gasteiger partial charge in [0.2, 0.25) is 0 Å². The van der Waals surface area contributed by atoms with Gasteiger partial charge in [-0.3, -0.25) is 19.7 Å². The van der Waals surface area contributed by atoms with Gasteiger partial charge in [-0.1, -0.05) is 6.07 Å². The van der Waals surface area contributed by atoms with E-state index >= 15 is 0 Å². The highest BCUT2D eigenvalue weighted by Crippen LogP contribution is 2.19. The van der Waals surface area contributed by atoms with Crippen molar-refractivity contribution in [3.63, 3.8) is 0 Å². The van der Waals surface area contributed by atoms with Crippen LogP contribution in [0.1, 0.15) is 28.9 Å². The highest BCUT2D eigenvalue weighted by Gasteiger charge is 2.25. The molecule has 4 rings (SSSR count). The van der Waals surface area contributed by atoms with Gasteiger partial charge in [-0.2, -0.15) is 0 Å². The molecule has 0 N–H and O–H groups in total. The van der Waals surface area contributed by atoms with Crippen LogP contribution in [0, 0.1) is 0 Å². The number of amides is 1. The number of ether oxygens (including phenoxy) is 1. The molecule has 3 heterocycles. The fraction of sp³-hybridized carbons (Fsp3) is 0.300. The number of carbonyl (C=O) groups is 1. The summed E-state index contributed by atoms with van der Waals surface area (Å²) in [5.74, 6) is 0.0173. The van der Waals surface area contributed by atoms with Crippen molar-refractivity contribution in [2.24, 2.45) is 0 Å². The molecule has 2 aromatic heterocycles. The highest BCUT2D eigenvalue weighted by molar-refractivity contribution is 5.97. The van der Waals surface area contributed by atoms with Gasteiger partial charge < -0.3 is 9.64 Å². The van der Waals surface area contributed by atoms with Gasteiger partial charge in [-0.25, -0.2) is 0 Å². The van der Waals surface area contributed by atoms with Crippen LogP contribution in [0.25, 0.3) is 11.0 Å². The Morgan fingerprint density at radius 2 is 1.96 bits per heavy atom. The SMILES string of the molecule is O=C(c1ccc2nccnc2c1)N1CCCC(OCc2ccccn2)C1. The van der Waals surface area contributed by atoms with Gasteiger partial charge in [0, 0.05) is 37.2 Å². The van der Waals surface area contributed by atoms with E-state index in [9.17, 15) is 4.79 Å². The van der Waals surface area contributed by atoms with Gasteiger partial charge in [-0.05, 0) is 43.2 Å². The molecule has 3 aromatic rings. The Balaban J connectivity index is 1.42. The number of fused-ring (bicyclic) bond motifs is 1. The maximum atomic E-state index is 12.9. The Bertz CT molecular complexity index is 900. The molecule has 1 aliphatic rings. The second-order valence-corrected chi connectivity index (χ2v) is 6.41. The van der Waals surface area contributed by atoms with Gasteiger partial charge in [0.15, 0.2) is 0 Å². The summed E-state index contributed by atoms with van der Waals surface area (Å²) in [5.41, 5.74) is 3.07. The van der Waals surface area contributed by atoms with Crippen molar-refractivity contribution in [2.45, 2.75) is 25.6 Å². The summed E-state index contributed by atoms with van der Waals surface area (Å²) in [6.07, 6.45) is 6.98. The molecule has 1 fully saturated rings. The molecule has 1 unspecified atom stereocenters. The van der Waals surface area contributed by atoms with E-state index in [2.05, 4.69) is 15.0 Å². The maximum absolute atomic E-state index is 12.9. The van der Waals surface area contributed by atoms with Gasteiger partial charge in [0.1, 0.15) is 0 Å². The maximum Gasteiger partial charge on any atom is 0.254 e. The number of rotatable bonds is 4. The zero-order valence-electron chi connectivity index (χ0n) is 14.4. The number of hydrogen-bond donors (Lipinski definition) is 0. The Kier molecular flexibility index (Phi) is 4.84. The van der Waals surface area contributed by atoms with E-state index in [1.807, 2.05) is 41.3 Å².